The highest BCUT2D eigenvalue weighted by Gasteiger charge is 2.12. The lowest BCUT2D eigenvalue weighted by atomic mass is 10.0. The number of esters is 1. The largest absolute Gasteiger partial charge is 0.465 e. The molecular weight excluding hydrogens is 446 g/mol. The highest BCUT2D eigenvalue weighted by Crippen LogP contribution is 2.32. The van der Waals surface area contributed by atoms with Crippen molar-refractivity contribution in [2.24, 2.45) is 0 Å². The summed E-state index contributed by atoms with van der Waals surface area (Å²) in [5, 5.41) is 4.99. The number of aromatic amines is 1. The van der Waals surface area contributed by atoms with E-state index in [-0.39, 0.29) is 5.91 Å². The van der Waals surface area contributed by atoms with E-state index < -0.39 is 5.97 Å². The molecule has 0 unspecified atom stereocenters. The van der Waals surface area contributed by atoms with Crippen molar-refractivity contribution in [3.05, 3.63) is 101 Å². The van der Waals surface area contributed by atoms with E-state index in [0.717, 1.165) is 38.4 Å². The summed E-state index contributed by atoms with van der Waals surface area (Å²) in [7, 11) is 1.34. The third-order valence-corrected chi connectivity index (χ3v) is 6.42. The second-order valence-electron chi connectivity index (χ2n) is 7.76. The zero-order chi connectivity index (χ0) is 23.5. The van der Waals surface area contributed by atoms with Gasteiger partial charge >= 0.3 is 5.97 Å². The Balaban J connectivity index is 1.31. The van der Waals surface area contributed by atoms with Crippen molar-refractivity contribution < 1.29 is 14.3 Å². The average Bonchev–Trinajstić information content (AvgIpc) is 3.54. The molecule has 34 heavy (non-hydrogen) atoms. The smallest absolute Gasteiger partial charge is 0.337 e. The molecule has 7 heteroatoms. The Morgan fingerprint density at radius 2 is 1.76 bits per heavy atom. The van der Waals surface area contributed by atoms with Gasteiger partial charge in [-0.25, -0.2) is 9.78 Å². The van der Waals surface area contributed by atoms with E-state index in [1.807, 2.05) is 48.5 Å². The summed E-state index contributed by atoms with van der Waals surface area (Å²) < 4.78 is 4.76. The Hall–Kier alpha value is -4.23. The number of carbonyl (C=O) groups excluding carboxylic acids is 2. The Bertz CT molecular complexity index is 1470. The van der Waals surface area contributed by atoms with E-state index in [2.05, 4.69) is 26.7 Å². The molecule has 0 bridgehead atoms. The van der Waals surface area contributed by atoms with E-state index in [4.69, 9.17) is 4.74 Å². The summed E-state index contributed by atoms with van der Waals surface area (Å²) in [4.78, 5) is 33.6. The Kier molecular flexibility index (Phi) is 5.93. The molecule has 0 radical (unpaired) electrons. The number of aromatic nitrogens is 2. The molecule has 0 aliphatic rings. The summed E-state index contributed by atoms with van der Waals surface area (Å²) in [5.41, 5.74) is 5.76. The van der Waals surface area contributed by atoms with Crippen LogP contribution in [0.15, 0.2) is 84.2 Å². The number of ether oxygens (including phenoxy) is 1. The van der Waals surface area contributed by atoms with Crippen LogP contribution in [-0.4, -0.2) is 29.0 Å². The first kappa shape index (κ1) is 21.6. The number of rotatable bonds is 6. The summed E-state index contributed by atoms with van der Waals surface area (Å²) >= 11 is 1.61. The molecule has 0 fully saturated rings. The summed E-state index contributed by atoms with van der Waals surface area (Å²) in [6, 6.07) is 24.6. The van der Waals surface area contributed by atoms with Crippen LogP contribution >= 0.6 is 11.3 Å². The van der Waals surface area contributed by atoms with Crippen molar-refractivity contribution in [1.82, 2.24) is 15.3 Å². The number of hydrogen-bond acceptors (Lipinski definition) is 5. The molecular formula is C27H21N3O3S. The van der Waals surface area contributed by atoms with Crippen LogP contribution in [0.25, 0.3) is 32.9 Å². The second-order valence-corrected chi connectivity index (χ2v) is 8.67. The average molecular weight is 468 g/mol. The first-order valence-corrected chi connectivity index (χ1v) is 11.6. The number of fused-ring (bicyclic) bond motifs is 1. The topological polar surface area (TPSA) is 84.1 Å². The first-order valence-electron chi connectivity index (χ1n) is 10.7. The zero-order valence-electron chi connectivity index (χ0n) is 18.4. The van der Waals surface area contributed by atoms with Crippen molar-refractivity contribution in [1.29, 1.82) is 0 Å². The van der Waals surface area contributed by atoms with Gasteiger partial charge in [0.25, 0.3) is 5.91 Å². The van der Waals surface area contributed by atoms with Gasteiger partial charge in [0.05, 0.1) is 28.6 Å². The van der Waals surface area contributed by atoms with Crippen LogP contribution in [0.5, 0.6) is 0 Å². The molecule has 168 valence electrons. The normalized spacial score (nSPS) is 10.9. The lowest BCUT2D eigenvalue weighted by Crippen LogP contribution is -2.22. The van der Waals surface area contributed by atoms with Crippen molar-refractivity contribution in [3.8, 4) is 21.8 Å². The number of para-hydroxylation sites is 2. The number of thiophene rings is 1. The van der Waals surface area contributed by atoms with Gasteiger partial charge in [-0.15, -0.1) is 11.3 Å². The van der Waals surface area contributed by atoms with Crippen LogP contribution in [0.3, 0.4) is 0 Å². The number of H-pyrrole nitrogens is 1. The molecule has 0 spiro atoms. The van der Waals surface area contributed by atoms with Gasteiger partial charge in [0.2, 0.25) is 0 Å². The summed E-state index contributed by atoms with van der Waals surface area (Å²) in [6.07, 6.45) is 0. The SMILES string of the molecule is COC(=O)c1cccc(CNC(=O)c2cccc(-c3csc(-c4nc5ccccc5[nH]4)c3)c2)c1. The van der Waals surface area contributed by atoms with Crippen LogP contribution < -0.4 is 5.32 Å². The molecule has 2 N–H and O–H groups in total. The fraction of sp³-hybridized carbons (Fsp3) is 0.0741. The molecule has 0 saturated heterocycles. The van der Waals surface area contributed by atoms with Crippen LogP contribution in [-0.2, 0) is 11.3 Å². The van der Waals surface area contributed by atoms with Crippen LogP contribution in [0, 0.1) is 0 Å². The monoisotopic (exact) mass is 467 g/mol. The molecule has 0 aliphatic heterocycles. The van der Waals surface area contributed by atoms with Gasteiger partial charge in [0.15, 0.2) is 0 Å². The summed E-state index contributed by atoms with van der Waals surface area (Å²) in [5.74, 6) is 0.247. The van der Waals surface area contributed by atoms with Gasteiger partial charge in [-0.1, -0.05) is 36.4 Å². The number of amides is 1. The van der Waals surface area contributed by atoms with Gasteiger partial charge < -0.3 is 15.0 Å². The van der Waals surface area contributed by atoms with Gasteiger partial charge in [0.1, 0.15) is 5.82 Å². The molecule has 2 aromatic heterocycles. The van der Waals surface area contributed by atoms with Gasteiger partial charge in [0, 0.05) is 12.1 Å². The number of carbonyl (C=O) groups is 2. The van der Waals surface area contributed by atoms with E-state index >= 15 is 0 Å². The van der Waals surface area contributed by atoms with Gasteiger partial charge in [-0.3, -0.25) is 4.79 Å². The van der Waals surface area contributed by atoms with Crippen molar-refractivity contribution in [2.75, 3.05) is 7.11 Å². The number of methoxy groups -OCH3 is 1. The third-order valence-electron chi connectivity index (χ3n) is 5.48. The minimum Gasteiger partial charge on any atom is -0.465 e. The quantitative estimate of drug-likeness (QED) is 0.315. The van der Waals surface area contributed by atoms with E-state index in [1.54, 1.807) is 35.6 Å². The number of nitrogens with zero attached hydrogens (tertiary/aromatic N) is 1. The highest BCUT2D eigenvalue weighted by molar-refractivity contribution is 7.13. The molecule has 0 saturated carbocycles. The maximum Gasteiger partial charge on any atom is 0.337 e. The summed E-state index contributed by atoms with van der Waals surface area (Å²) in [6.45, 7) is 0.308. The molecule has 3 aromatic carbocycles. The second kappa shape index (κ2) is 9.33. The number of nitrogens with one attached hydrogen (secondary N) is 2. The van der Waals surface area contributed by atoms with Crippen molar-refractivity contribution in [3.63, 3.8) is 0 Å². The lowest BCUT2D eigenvalue weighted by molar-refractivity contribution is 0.0600. The maximum atomic E-state index is 12.8. The van der Waals surface area contributed by atoms with E-state index in [9.17, 15) is 9.59 Å². The number of hydrogen-bond donors (Lipinski definition) is 2. The Labute approximate surface area is 200 Å². The van der Waals surface area contributed by atoms with Crippen molar-refractivity contribution >= 4 is 34.2 Å². The predicted octanol–water partition coefficient (Wildman–Crippen LogP) is 5.68. The molecule has 6 nitrogen and oxygen atoms in total. The number of benzene rings is 3. The minimum atomic E-state index is -0.404. The highest BCUT2D eigenvalue weighted by atomic mass is 32.1. The molecule has 5 aromatic rings. The van der Waals surface area contributed by atoms with Crippen molar-refractivity contribution in [2.45, 2.75) is 6.54 Å². The predicted molar refractivity (Wildman–Crippen MR) is 134 cm³/mol. The molecule has 0 atom stereocenters. The van der Waals surface area contributed by atoms with Crippen LogP contribution in [0.4, 0.5) is 0 Å². The van der Waals surface area contributed by atoms with Gasteiger partial charge in [-0.2, -0.15) is 0 Å². The van der Waals surface area contributed by atoms with Crippen LogP contribution in [0.1, 0.15) is 26.3 Å². The van der Waals surface area contributed by atoms with Crippen LogP contribution in [0.2, 0.25) is 0 Å². The first-order chi connectivity index (χ1) is 16.6. The van der Waals surface area contributed by atoms with E-state index in [0.29, 0.717) is 17.7 Å². The molecule has 2 heterocycles. The van der Waals surface area contributed by atoms with Gasteiger partial charge in [-0.05, 0) is 64.5 Å². The Morgan fingerprint density at radius 3 is 2.62 bits per heavy atom. The molecule has 5 rings (SSSR count). The fourth-order valence-electron chi connectivity index (χ4n) is 3.73. The maximum absolute atomic E-state index is 12.8. The standard InChI is InChI=1S/C27H21N3O3S/c1-33-27(32)20-9-4-6-17(12-20)15-28-26(31)19-8-5-7-18(13-19)21-14-24(34-16-21)25-29-22-10-2-3-11-23(22)30-25/h2-14,16H,15H2,1H3,(H,28,31)(H,29,30). The molecule has 1 amide bonds. The molecule has 0 aliphatic carbocycles. The third kappa shape index (κ3) is 4.46. The number of imidazole rings is 1. The van der Waals surface area contributed by atoms with E-state index in [1.165, 1.54) is 7.11 Å². The lowest BCUT2D eigenvalue weighted by Gasteiger charge is -2.08. The Morgan fingerprint density at radius 1 is 0.941 bits per heavy atom. The fourth-order valence-corrected chi connectivity index (χ4v) is 4.59. The zero-order valence-corrected chi connectivity index (χ0v) is 19.2. The minimum absolute atomic E-state index is 0.182.